The van der Waals surface area contributed by atoms with Gasteiger partial charge in [-0.1, -0.05) is 0 Å². The van der Waals surface area contributed by atoms with Crippen molar-refractivity contribution in [2.45, 2.75) is 6.92 Å². The number of hydrogen-bond donors (Lipinski definition) is 1. The zero-order chi connectivity index (χ0) is 10.1. The minimum atomic E-state index is 0.455. The lowest BCUT2D eigenvalue weighted by molar-refractivity contribution is 0.521. The number of halogens is 1. The Balaban J connectivity index is 2.47. The van der Waals surface area contributed by atoms with Gasteiger partial charge < -0.3 is 10.2 Å². The zero-order valence-electron chi connectivity index (χ0n) is 7.36. The third-order valence-corrected chi connectivity index (χ3v) is 2.45. The fourth-order valence-corrected chi connectivity index (χ4v) is 1.23. The normalized spacial score (nSPS) is 10.4. The van der Waals surface area contributed by atoms with Crippen LogP contribution in [0.4, 0.5) is 5.82 Å². The number of nitrogens with zero attached hydrogens (tertiary/aromatic N) is 3. The first-order chi connectivity index (χ1) is 6.66. The highest BCUT2D eigenvalue weighted by molar-refractivity contribution is 14.1. The maximum Gasteiger partial charge on any atom is 0.191 e. The molecular weight excluding hydrogens is 295 g/mol. The number of oxazole rings is 1. The summed E-state index contributed by atoms with van der Waals surface area (Å²) in [5.74, 6) is 1.52. The largest absolute Gasteiger partial charge is 0.449 e. The Kier molecular flexibility index (Phi) is 2.36. The molecule has 14 heavy (non-hydrogen) atoms. The highest BCUT2D eigenvalue weighted by Crippen LogP contribution is 2.17. The van der Waals surface area contributed by atoms with Crippen LogP contribution in [0, 0.1) is 10.5 Å². The van der Waals surface area contributed by atoms with E-state index in [1.807, 2.05) is 0 Å². The van der Waals surface area contributed by atoms with Crippen molar-refractivity contribution in [3.8, 4) is 11.5 Å². The van der Waals surface area contributed by atoms with Crippen molar-refractivity contribution in [3.63, 3.8) is 0 Å². The lowest BCUT2D eigenvalue weighted by atomic mass is 10.4. The molecule has 0 atom stereocenters. The summed E-state index contributed by atoms with van der Waals surface area (Å²) < 4.78 is 5.88. The van der Waals surface area contributed by atoms with E-state index < -0.39 is 0 Å². The fourth-order valence-electron chi connectivity index (χ4n) is 0.970. The molecule has 0 unspecified atom stereocenters. The molecule has 0 fully saturated rings. The molecule has 6 heteroatoms. The van der Waals surface area contributed by atoms with Crippen LogP contribution in [0.15, 0.2) is 16.9 Å². The topological polar surface area (TPSA) is 77.8 Å². The third kappa shape index (κ3) is 1.69. The quantitative estimate of drug-likeness (QED) is 0.810. The van der Waals surface area contributed by atoms with Crippen LogP contribution in [-0.4, -0.2) is 15.0 Å². The Bertz CT molecular complexity index is 468. The Morgan fingerprint density at radius 3 is 2.79 bits per heavy atom. The van der Waals surface area contributed by atoms with Gasteiger partial charge in [0.2, 0.25) is 0 Å². The second-order valence-corrected chi connectivity index (χ2v) is 3.84. The molecule has 0 saturated heterocycles. The lowest BCUT2D eigenvalue weighted by Crippen LogP contribution is -1.98. The molecule has 5 nitrogen and oxygen atoms in total. The molecule has 0 aromatic carbocycles. The average molecular weight is 302 g/mol. The Morgan fingerprint density at radius 2 is 2.21 bits per heavy atom. The summed E-state index contributed by atoms with van der Waals surface area (Å²) in [6.45, 7) is 1.76. The molecule has 0 radical (unpaired) electrons. The molecule has 0 aliphatic rings. The summed E-state index contributed by atoms with van der Waals surface area (Å²) >= 11 is 2.07. The monoisotopic (exact) mass is 302 g/mol. The van der Waals surface area contributed by atoms with Crippen LogP contribution in [0.5, 0.6) is 0 Å². The van der Waals surface area contributed by atoms with Gasteiger partial charge in [0, 0.05) is 13.1 Å². The van der Waals surface area contributed by atoms with E-state index in [-0.39, 0.29) is 0 Å². The van der Waals surface area contributed by atoms with Crippen molar-refractivity contribution < 1.29 is 4.42 Å². The number of rotatable bonds is 1. The second kappa shape index (κ2) is 3.52. The van der Waals surface area contributed by atoms with Crippen LogP contribution in [0.1, 0.15) is 5.89 Å². The summed E-state index contributed by atoms with van der Waals surface area (Å²) in [4.78, 5) is 12.3. The molecule has 72 valence electrons. The van der Waals surface area contributed by atoms with Crippen molar-refractivity contribution in [3.05, 3.63) is 21.9 Å². The molecule has 0 aliphatic heterocycles. The van der Waals surface area contributed by atoms with Crippen LogP contribution >= 0.6 is 22.6 Å². The molecular formula is C8H7IN4O. The van der Waals surface area contributed by atoms with Crippen LogP contribution in [0.2, 0.25) is 0 Å². The van der Waals surface area contributed by atoms with E-state index in [1.165, 1.54) is 6.26 Å². The van der Waals surface area contributed by atoms with Gasteiger partial charge in [-0.05, 0) is 22.6 Å². The second-order valence-electron chi connectivity index (χ2n) is 2.68. The minimum Gasteiger partial charge on any atom is -0.449 e. The van der Waals surface area contributed by atoms with E-state index in [2.05, 4.69) is 37.5 Å². The average Bonchev–Trinajstić information content (AvgIpc) is 2.57. The first kappa shape index (κ1) is 9.38. The van der Waals surface area contributed by atoms with E-state index in [0.29, 0.717) is 23.2 Å². The number of hydrogen-bond acceptors (Lipinski definition) is 5. The number of aromatic nitrogens is 3. The minimum absolute atomic E-state index is 0.455. The molecule has 0 spiro atoms. The Labute approximate surface area is 93.9 Å². The van der Waals surface area contributed by atoms with Crippen molar-refractivity contribution in [1.29, 1.82) is 0 Å². The molecule has 0 saturated carbocycles. The van der Waals surface area contributed by atoms with Gasteiger partial charge in [-0.2, -0.15) is 0 Å². The number of nitrogen functional groups attached to an aromatic ring is 1. The number of anilines is 1. The van der Waals surface area contributed by atoms with Crippen molar-refractivity contribution in [2.75, 3.05) is 5.73 Å². The van der Waals surface area contributed by atoms with Gasteiger partial charge in [0.05, 0.1) is 3.57 Å². The summed E-state index contributed by atoms with van der Waals surface area (Å²) in [6, 6.07) is 0. The Morgan fingerprint density at radius 1 is 1.43 bits per heavy atom. The predicted molar refractivity (Wildman–Crippen MR) is 59.4 cm³/mol. The van der Waals surface area contributed by atoms with Gasteiger partial charge in [-0.3, -0.25) is 0 Å². The van der Waals surface area contributed by atoms with Crippen molar-refractivity contribution in [2.24, 2.45) is 0 Å². The molecule has 2 aromatic rings. The zero-order valence-corrected chi connectivity index (χ0v) is 9.52. The summed E-state index contributed by atoms with van der Waals surface area (Å²) in [5.41, 5.74) is 6.25. The van der Waals surface area contributed by atoms with Gasteiger partial charge >= 0.3 is 0 Å². The van der Waals surface area contributed by atoms with Gasteiger partial charge in [-0.15, -0.1) is 0 Å². The van der Waals surface area contributed by atoms with Crippen molar-refractivity contribution in [1.82, 2.24) is 15.0 Å². The maximum atomic E-state index is 5.65. The van der Waals surface area contributed by atoms with Gasteiger partial charge in [0.1, 0.15) is 17.8 Å². The number of nitrogens with two attached hydrogens (primary N) is 1. The standard InChI is InChI=1S/C8H7IN4O/c1-4-12-6(3-14-4)8-11-2-5(9)7(10)13-8/h2-3H,1H3,(H2,10,11,13). The van der Waals surface area contributed by atoms with E-state index in [1.54, 1.807) is 13.1 Å². The molecule has 2 aromatic heterocycles. The Hall–Kier alpha value is -1.18. The summed E-state index contributed by atoms with van der Waals surface area (Å²) in [6.07, 6.45) is 3.17. The van der Waals surface area contributed by atoms with E-state index in [0.717, 1.165) is 3.57 Å². The maximum absolute atomic E-state index is 5.65. The van der Waals surface area contributed by atoms with Crippen LogP contribution < -0.4 is 5.73 Å². The first-order valence-corrected chi connectivity index (χ1v) is 4.95. The van der Waals surface area contributed by atoms with Crippen LogP contribution in [0.3, 0.4) is 0 Å². The highest BCUT2D eigenvalue weighted by Gasteiger charge is 2.08. The van der Waals surface area contributed by atoms with E-state index >= 15 is 0 Å². The van der Waals surface area contributed by atoms with E-state index in [4.69, 9.17) is 10.2 Å². The van der Waals surface area contributed by atoms with Crippen molar-refractivity contribution >= 4 is 28.4 Å². The van der Waals surface area contributed by atoms with Gasteiger partial charge in [0.15, 0.2) is 11.7 Å². The highest BCUT2D eigenvalue weighted by atomic mass is 127. The molecule has 2 heterocycles. The molecule has 2 N–H and O–H groups in total. The van der Waals surface area contributed by atoms with Crippen LogP contribution in [0.25, 0.3) is 11.5 Å². The predicted octanol–water partition coefficient (Wildman–Crippen LogP) is 1.63. The smallest absolute Gasteiger partial charge is 0.191 e. The molecule has 2 rings (SSSR count). The van der Waals surface area contributed by atoms with E-state index in [9.17, 15) is 0 Å². The van der Waals surface area contributed by atoms with Crippen LogP contribution in [-0.2, 0) is 0 Å². The third-order valence-electron chi connectivity index (χ3n) is 1.62. The first-order valence-electron chi connectivity index (χ1n) is 3.87. The molecule has 0 aliphatic carbocycles. The molecule has 0 bridgehead atoms. The lowest BCUT2D eigenvalue weighted by Gasteiger charge is -1.97. The summed E-state index contributed by atoms with van der Waals surface area (Å²) in [5, 5.41) is 0. The fraction of sp³-hybridized carbons (Fsp3) is 0.125. The SMILES string of the molecule is Cc1nc(-c2ncc(I)c(N)n2)co1. The number of aryl methyl sites for hydroxylation is 1. The summed E-state index contributed by atoms with van der Waals surface area (Å²) in [7, 11) is 0. The van der Waals surface area contributed by atoms with Gasteiger partial charge in [0.25, 0.3) is 0 Å². The van der Waals surface area contributed by atoms with Gasteiger partial charge in [-0.25, -0.2) is 15.0 Å². The molecule has 0 amide bonds.